The molecule has 0 radical (unpaired) electrons. The van der Waals surface area contributed by atoms with Gasteiger partial charge >= 0.3 is 5.97 Å². The fourth-order valence-electron chi connectivity index (χ4n) is 2.91. The lowest BCUT2D eigenvalue weighted by molar-refractivity contribution is -0.140. The van der Waals surface area contributed by atoms with E-state index in [1.54, 1.807) is 4.90 Å². The third-order valence-corrected chi connectivity index (χ3v) is 4.03. The first-order valence-electron chi connectivity index (χ1n) is 6.97. The van der Waals surface area contributed by atoms with Gasteiger partial charge in [0.25, 0.3) is 0 Å². The Morgan fingerprint density at radius 3 is 2.50 bits per heavy atom. The van der Waals surface area contributed by atoms with Crippen LogP contribution >= 0.6 is 0 Å². The van der Waals surface area contributed by atoms with E-state index in [0.717, 1.165) is 12.8 Å². The molecule has 0 bridgehead atoms. The molecular formula is C13H21N3O4. The van der Waals surface area contributed by atoms with Crippen molar-refractivity contribution in [1.29, 1.82) is 0 Å². The van der Waals surface area contributed by atoms with Crippen LogP contribution in [0.5, 0.6) is 0 Å². The van der Waals surface area contributed by atoms with Crippen LogP contribution in [0.3, 0.4) is 0 Å². The van der Waals surface area contributed by atoms with Crippen LogP contribution in [-0.4, -0.2) is 65.4 Å². The Hall–Kier alpha value is -1.63. The zero-order valence-corrected chi connectivity index (χ0v) is 11.5. The van der Waals surface area contributed by atoms with Crippen LogP contribution in [-0.2, 0) is 14.4 Å². The lowest BCUT2D eigenvalue weighted by Gasteiger charge is -2.40. The lowest BCUT2D eigenvalue weighted by Crippen LogP contribution is -2.53. The molecule has 2 amide bonds. The zero-order chi connectivity index (χ0) is 14.7. The van der Waals surface area contributed by atoms with Crippen LogP contribution in [0.25, 0.3) is 0 Å². The highest BCUT2D eigenvalue weighted by molar-refractivity contribution is 5.81. The maximum atomic E-state index is 12.1. The second-order valence-electron chi connectivity index (χ2n) is 5.74. The molecule has 1 unspecified atom stereocenters. The Balaban J connectivity index is 1.73. The molecule has 2 saturated heterocycles. The van der Waals surface area contributed by atoms with E-state index >= 15 is 0 Å². The number of carbonyl (C=O) groups excluding carboxylic acids is 2. The summed E-state index contributed by atoms with van der Waals surface area (Å²) >= 11 is 0. The number of carbonyl (C=O) groups is 3. The largest absolute Gasteiger partial charge is 0.481 e. The SMILES string of the molecule is NC(=O)C1CCCN(C(=O)CN2CC(CC(=O)O)C2)C1. The molecule has 7 nitrogen and oxygen atoms in total. The van der Waals surface area contributed by atoms with Gasteiger partial charge in [-0.25, -0.2) is 0 Å². The predicted molar refractivity (Wildman–Crippen MR) is 70.7 cm³/mol. The van der Waals surface area contributed by atoms with E-state index in [-0.39, 0.29) is 30.1 Å². The summed E-state index contributed by atoms with van der Waals surface area (Å²) in [4.78, 5) is 37.5. The van der Waals surface area contributed by atoms with Gasteiger partial charge in [-0.3, -0.25) is 19.3 Å². The average molecular weight is 283 g/mol. The number of rotatable bonds is 5. The van der Waals surface area contributed by atoms with Crippen molar-refractivity contribution in [1.82, 2.24) is 9.80 Å². The quantitative estimate of drug-likeness (QED) is 0.681. The maximum absolute atomic E-state index is 12.1. The number of aliphatic carboxylic acids is 1. The summed E-state index contributed by atoms with van der Waals surface area (Å²) in [5.41, 5.74) is 5.29. The summed E-state index contributed by atoms with van der Waals surface area (Å²) in [5, 5.41) is 8.66. The number of amides is 2. The highest BCUT2D eigenvalue weighted by Gasteiger charge is 2.32. The third kappa shape index (κ3) is 3.69. The Morgan fingerprint density at radius 2 is 1.90 bits per heavy atom. The van der Waals surface area contributed by atoms with Crippen LogP contribution < -0.4 is 5.73 Å². The van der Waals surface area contributed by atoms with E-state index in [9.17, 15) is 14.4 Å². The van der Waals surface area contributed by atoms with Crippen molar-refractivity contribution in [3.63, 3.8) is 0 Å². The molecule has 20 heavy (non-hydrogen) atoms. The average Bonchev–Trinajstić information content (AvgIpc) is 2.35. The zero-order valence-electron chi connectivity index (χ0n) is 11.5. The summed E-state index contributed by atoms with van der Waals surface area (Å²) in [7, 11) is 0. The van der Waals surface area contributed by atoms with E-state index in [1.165, 1.54) is 0 Å². The van der Waals surface area contributed by atoms with Crippen molar-refractivity contribution in [2.24, 2.45) is 17.6 Å². The number of carboxylic acids is 1. The standard InChI is InChI=1S/C13H21N3O4/c14-13(20)10-2-1-3-16(7-10)11(17)8-15-5-9(6-15)4-12(18)19/h9-10H,1-8H2,(H2,14,20)(H,18,19). The van der Waals surface area contributed by atoms with Crippen LogP contribution in [0.15, 0.2) is 0 Å². The van der Waals surface area contributed by atoms with Crippen molar-refractivity contribution < 1.29 is 19.5 Å². The summed E-state index contributed by atoms with van der Waals surface area (Å²) in [6, 6.07) is 0. The Bertz CT molecular complexity index is 406. The van der Waals surface area contributed by atoms with Gasteiger partial charge in [-0.1, -0.05) is 0 Å². The molecule has 7 heteroatoms. The Kier molecular flexibility index (Phi) is 4.59. The molecule has 1 atom stereocenters. The van der Waals surface area contributed by atoms with Gasteiger partial charge in [-0.05, 0) is 18.8 Å². The van der Waals surface area contributed by atoms with Gasteiger partial charge in [0.1, 0.15) is 0 Å². The van der Waals surface area contributed by atoms with Gasteiger partial charge in [0.15, 0.2) is 0 Å². The number of nitrogens with two attached hydrogens (primary N) is 1. The first-order chi connectivity index (χ1) is 9.45. The molecule has 0 aromatic rings. The predicted octanol–water partition coefficient (Wildman–Crippen LogP) is -0.883. The topological polar surface area (TPSA) is 104 Å². The van der Waals surface area contributed by atoms with Crippen molar-refractivity contribution >= 4 is 17.8 Å². The molecular weight excluding hydrogens is 262 g/mol. The van der Waals surface area contributed by atoms with Crippen molar-refractivity contribution in [3.8, 4) is 0 Å². The second-order valence-corrected chi connectivity index (χ2v) is 5.74. The summed E-state index contributed by atoms with van der Waals surface area (Å²) in [6.07, 6.45) is 1.72. The molecule has 2 aliphatic heterocycles. The molecule has 3 N–H and O–H groups in total. The first-order valence-corrected chi connectivity index (χ1v) is 6.97. The molecule has 0 aromatic heterocycles. The number of piperidine rings is 1. The number of hydrogen-bond acceptors (Lipinski definition) is 4. The van der Waals surface area contributed by atoms with Gasteiger partial charge in [0.2, 0.25) is 11.8 Å². The Labute approximate surface area is 117 Å². The second kappa shape index (κ2) is 6.21. The van der Waals surface area contributed by atoms with E-state index in [0.29, 0.717) is 32.7 Å². The molecule has 0 aromatic carbocycles. The van der Waals surface area contributed by atoms with Crippen LogP contribution in [0.4, 0.5) is 0 Å². The van der Waals surface area contributed by atoms with Crippen LogP contribution in [0.2, 0.25) is 0 Å². The molecule has 2 fully saturated rings. The molecule has 112 valence electrons. The molecule has 2 heterocycles. The van der Waals surface area contributed by atoms with Crippen LogP contribution in [0, 0.1) is 11.8 Å². The van der Waals surface area contributed by atoms with Crippen molar-refractivity contribution in [3.05, 3.63) is 0 Å². The minimum Gasteiger partial charge on any atom is -0.481 e. The summed E-state index contributed by atoms with van der Waals surface area (Å²) in [5.74, 6) is -1.21. The fourth-order valence-corrected chi connectivity index (χ4v) is 2.91. The summed E-state index contributed by atoms with van der Waals surface area (Å²) in [6.45, 7) is 2.72. The Morgan fingerprint density at radius 1 is 1.20 bits per heavy atom. The van der Waals surface area contributed by atoms with Crippen molar-refractivity contribution in [2.45, 2.75) is 19.3 Å². The van der Waals surface area contributed by atoms with Gasteiger partial charge in [0.05, 0.1) is 18.9 Å². The van der Waals surface area contributed by atoms with Crippen molar-refractivity contribution in [2.75, 3.05) is 32.7 Å². The minimum atomic E-state index is -0.790. The molecule has 2 aliphatic rings. The molecule has 0 aliphatic carbocycles. The van der Waals surface area contributed by atoms with Gasteiger partial charge in [-0.15, -0.1) is 0 Å². The number of carboxylic acid groups (broad SMARTS) is 1. The van der Waals surface area contributed by atoms with Crippen LogP contribution in [0.1, 0.15) is 19.3 Å². The van der Waals surface area contributed by atoms with E-state index < -0.39 is 5.97 Å². The van der Waals surface area contributed by atoms with E-state index in [1.807, 2.05) is 4.90 Å². The fraction of sp³-hybridized carbons (Fsp3) is 0.769. The van der Waals surface area contributed by atoms with Gasteiger partial charge in [0, 0.05) is 26.2 Å². The van der Waals surface area contributed by atoms with E-state index in [4.69, 9.17) is 10.8 Å². The highest BCUT2D eigenvalue weighted by atomic mass is 16.4. The van der Waals surface area contributed by atoms with Gasteiger partial charge in [-0.2, -0.15) is 0 Å². The lowest BCUT2D eigenvalue weighted by atomic mass is 9.95. The molecule has 0 saturated carbocycles. The number of likely N-dealkylation sites (tertiary alicyclic amines) is 2. The molecule has 2 rings (SSSR count). The minimum absolute atomic E-state index is 0.00438. The molecule has 0 spiro atoms. The number of nitrogens with zero attached hydrogens (tertiary/aromatic N) is 2. The normalized spacial score (nSPS) is 24.2. The number of primary amides is 1. The van der Waals surface area contributed by atoms with E-state index in [2.05, 4.69) is 0 Å². The smallest absolute Gasteiger partial charge is 0.303 e. The monoisotopic (exact) mass is 283 g/mol. The highest BCUT2D eigenvalue weighted by Crippen LogP contribution is 2.20. The van der Waals surface area contributed by atoms with Gasteiger partial charge < -0.3 is 15.7 Å². The third-order valence-electron chi connectivity index (χ3n) is 4.03. The maximum Gasteiger partial charge on any atom is 0.303 e. The summed E-state index contributed by atoms with van der Waals surface area (Å²) < 4.78 is 0. The number of hydrogen-bond donors (Lipinski definition) is 2. The first kappa shape index (κ1) is 14.8.